The van der Waals surface area contributed by atoms with Gasteiger partial charge in [0.15, 0.2) is 0 Å². The number of allylic oxidation sites excluding steroid dienone is 1. The smallest absolute Gasteiger partial charge is 0.302 e. The number of amides is 2. The Morgan fingerprint density at radius 2 is 1.85 bits per heavy atom. The first kappa shape index (κ1) is 18.7. The molecule has 3 aliphatic carbocycles. The molecule has 6 heteroatoms. The fourth-order valence-corrected chi connectivity index (χ4v) is 6.55. The minimum absolute atomic E-state index is 0.0135. The van der Waals surface area contributed by atoms with E-state index in [0.29, 0.717) is 17.4 Å². The molecule has 2 saturated carbocycles. The Labute approximate surface area is 159 Å². The largest absolute Gasteiger partial charge is 0.462 e. The Balaban J connectivity index is 1.62. The highest BCUT2D eigenvalue weighted by Gasteiger charge is 2.60. The van der Waals surface area contributed by atoms with E-state index in [1.807, 2.05) is 6.92 Å². The molecule has 6 nitrogen and oxygen atoms in total. The molecule has 0 aromatic carbocycles. The van der Waals surface area contributed by atoms with E-state index in [4.69, 9.17) is 4.74 Å². The van der Waals surface area contributed by atoms with E-state index in [0.717, 1.165) is 32.1 Å². The van der Waals surface area contributed by atoms with Gasteiger partial charge in [-0.05, 0) is 55.3 Å². The van der Waals surface area contributed by atoms with Gasteiger partial charge in [0.1, 0.15) is 6.10 Å². The van der Waals surface area contributed by atoms with E-state index in [1.165, 1.54) is 12.5 Å². The van der Waals surface area contributed by atoms with Crippen LogP contribution in [0.25, 0.3) is 0 Å². The van der Waals surface area contributed by atoms with Crippen molar-refractivity contribution in [3.8, 4) is 0 Å². The minimum Gasteiger partial charge on any atom is -0.462 e. The fraction of sp³-hybridized carbons (Fsp3) is 0.762. The number of hydrogen-bond acceptors (Lipinski definition) is 5. The third-order valence-electron chi connectivity index (χ3n) is 8.09. The molecule has 3 fully saturated rings. The van der Waals surface area contributed by atoms with Crippen molar-refractivity contribution >= 4 is 17.8 Å². The van der Waals surface area contributed by atoms with Crippen LogP contribution in [-0.2, 0) is 19.1 Å². The molecule has 1 saturated heterocycles. The summed E-state index contributed by atoms with van der Waals surface area (Å²) in [4.78, 5) is 36.2. The number of hydrogen-bond donors (Lipinski definition) is 1. The third kappa shape index (κ3) is 2.67. The van der Waals surface area contributed by atoms with Crippen LogP contribution in [0.4, 0.5) is 0 Å². The zero-order valence-corrected chi connectivity index (χ0v) is 16.4. The quantitative estimate of drug-likeness (QED) is 0.329. The van der Waals surface area contributed by atoms with Gasteiger partial charge in [-0.1, -0.05) is 25.5 Å². The molecule has 0 spiro atoms. The molecule has 4 rings (SSSR count). The van der Waals surface area contributed by atoms with Crippen LogP contribution >= 0.6 is 0 Å². The lowest BCUT2D eigenvalue weighted by Crippen LogP contribution is -2.60. The monoisotopic (exact) mass is 375 g/mol. The average molecular weight is 375 g/mol. The van der Waals surface area contributed by atoms with Crippen LogP contribution in [0.3, 0.4) is 0 Å². The first-order chi connectivity index (χ1) is 12.7. The molecule has 0 radical (unpaired) electrons. The number of imide groups is 1. The number of piperidine rings is 1. The molecule has 148 valence electrons. The maximum absolute atomic E-state index is 12.7. The minimum atomic E-state index is -0.652. The number of ether oxygens (including phenoxy) is 1. The van der Waals surface area contributed by atoms with Gasteiger partial charge in [-0.15, -0.1) is 0 Å². The molecule has 0 aromatic rings. The molecule has 1 aliphatic heterocycles. The fourth-order valence-electron chi connectivity index (χ4n) is 6.55. The molecule has 6 atom stereocenters. The van der Waals surface area contributed by atoms with E-state index >= 15 is 0 Å². The van der Waals surface area contributed by atoms with Gasteiger partial charge in [-0.3, -0.25) is 19.6 Å². The molecule has 27 heavy (non-hydrogen) atoms. The molecule has 0 aromatic heterocycles. The molecular weight excluding hydrogens is 346 g/mol. The van der Waals surface area contributed by atoms with Crippen LogP contribution in [0, 0.1) is 28.6 Å². The van der Waals surface area contributed by atoms with Crippen molar-refractivity contribution in [1.29, 1.82) is 0 Å². The lowest BCUT2D eigenvalue weighted by molar-refractivity contribution is -0.206. The Morgan fingerprint density at radius 1 is 1.15 bits per heavy atom. The summed E-state index contributed by atoms with van der Waals surface area (Å²) < 4.78 is 5.46. The standard InChI is InChI=1S/C21H29NO5/c1-12(23)27-14-6-8-20(2)13(10-14)4-5-15-16(20)7-9-21(3)17(15)11-18(24)22(26)19(21)25/h4,14-17,26H,5-11H2,1-3H3/t14-,15+,16+,17+,20+,21+/m0/s1. The Kier molecular flexibility index (Phi) is 4.26. The number of nitrogens with zero attached hydrogens (tertiary/aromatic N) is 1. The van der Waals surface area contributed by atoms with Crippen LogP contribution in [0.15, 0.2) is 11.6 Å². The van der Waals surface area contributed by atoms with Crippen molar-refractivity contribution in [2.75, 3.05) is 0 Å². The second-order valence-corrected chi connectivity index (χ2v) is 9.40. The number of esters is 1. The summed E-state index contributed by atoms with van der Waals surface area (Å²) in [6.45, 7) is 5.70. The summed E-state index contributed by atoms with van der Waals surface area (Å²) in [7, 11) is 0. The van der Waals surface area contributed by atoms with Gasteiger partial charge < -0.3 is 4.74 Å². The highest BCUT2D eigenvalue weighted by molar-refractivity contribution is 5.99. The van der Waals surface area contributed by atoms with Gasteiger partial charge in [0, 0.05) is 19.8 Å². The van der Waals surface area contributed by atoms with E-state index in [2.05, 4.69) is 13.0 Å². The number of hydroxylamine groups is 2. The normalized spacial score (nSPS) is 44.0. The summed E-state index contributed by atoms with van der Waals surface area (Å²) in [5.41, 5.74) is 0.770. The Hall–Kier alpha value is -1.69. The Morgan fingerprint density at radius 3 is 2.56 bits per heavy atom. The second kappa shape index (κ2) is 6.16. The van der Waals surface area contributed by atoms with Crippen LogP contribution in [0.2, 0.25) is 0 Å². The Bertz CT molecular complexity index is 730. The van der Waals surface area contributed by atoms with Gasteiger partial charge in [0.05, 0.1) is 5.41 Å². The molecule has 2 amide bonds. The molecule has 1 heterocycles. The predicted molar refractivity (Wildman–Crippen MR) is 96.3 cm³/mol. The maximum Gasteiger partial charge on any atom is 0.302 e. The van der Waals surface area contributed by atoms with Crippen LogP contribution in [0.1, 0.15) is 65.7 Å². The number of carbonyl (C=O) groups is 3. The second-order valence-electron chi connectivity index (χ2n) is 9.40. The zero-order chi connectivity index (χ0) is 19.6. The highest BCUT2D eigenvalue weighted by atomic mass is 16.5. The van der Waals surface area contributed by atoms with Crippen molar-refractivity contribution in [3.05, 3.63) is 11.6 Å². The van der Waals surface area contributed by atoms with E-state index in [1.54, 1.807) is 0 Å². The van der Waals surface area contributed by atoms with E-state index in [9.17, 15) is 19.6 Å². The highest BCUT2D eigenvalue weighted by Crippen LogP contribution is 2.63. The maximum atomic E-state index is 12.7. The zero-order valence-electron chi connectivity index (χ0n) is 16.4. The summed E-state index contributed by atoms with van der Waals surface area (Å²) in [6.07, 6.45) is 7.61. The van der Waals surface area contributed by atoms with Crippen molar-refractivity contribution < 1.29 is 24.3 Å². The topological polar surface area (TPSA) is 83.9 Å². The molecule has 0 bridgehead atoms. The summed E-state index contributed by atoms with van der Waals surface area (Å²) >= 11 is 0. The van der Waals surface area contributed by atoms with Gasteiger partial charge in [0.2, 0.25) is 0 Å². The van der Waals surface area contributed by atoms with Gasteiger partial charge >= 0.3 is 5.97 Å². The van der Waals surface area contributed by atoms with Gasteiger partial charge in [-0.25, -0.2) is 0 Å². The summed E-state index contributed by atoms with van der Waals surface area (Å²) in [5, 5.41) is 10.2. The molecule has 0 unspecified atom stereocenters. The average Bonchev–Trinajstić information content (AvgIpc) is 2.61. The molecule has 1 N–H and O–H groups in total. The third-order valence-corrected chi connectivity index (χ3v) is 8.09. The van der Waals surface area contributed by atoms with E-state index in [-0.39, 0.29) is 35.7 Å². The van der Waals surface area contributed by atoms with Gasteiger partial charge in [-0.2, -0.15) is 5.06 Å². The van der Waals surface area contributed by atoms with Crippen LogP contribution in [0.5, 0.6) is 0 Å². The van der Waals surface area contributed by atoms with Crippen molar-refractivity contribution in [1.82, 2.24) is 5.06 Å². The van der Waals surface area contributed by atoms with Crippen molar-refractivity contribution in [2.24, 2.45) is 28.6 Å². The number of carbonyl (C=O) groups excluding carboxylic acids is 3. The number of rotatable bonds is 1. The predicted octanol–water partition coefficient (Wildman–Crippen LogP) is 3.24. The number of fused-ring (bicyclic) bond motifs is 5. The van der Waals surface area contributed by atoms with Crippen LogP contribution < -0.4 is 0 Å². The summed E-state index contributed by atoms with van der Waals surface area (Å²) in [5.74, 6) is -0.425. The van der Waals surface area contributed by atoms with Gasteiger partial charge in [0.25, 0.3) is 11.8 Å². The summed E-state index contributed by atoms with van der Waals surface area (Å²) in [6, 6.07) is 0. The molecular formula is C21H29NO5. The first-order valence-corrected chi connectivity index (χ1v) is 10.1. The lowest BCUT2D eigenvalue weighted by Gasteiger charge is -2.59. The first-order valence-electron chi connectivity index (χ1n) is 10.1. The van der Waals surface area contributed by atoms with Crippen molar-refractivity contribution in [2.45, 2.75) is 71.8 Å². The molecule has 4 aliphatic rings. The lowest BCUT2D eigenvalue weighted by atomic mass is 9.46. The van der Waals surface area contributed by atoms with Crippen LogP contribution in [-0.4, -0.2) is 34.2 Å². The van der Waals surface area contributed by atoms with E-state index < -0.39 is 17.2 Å². The van der Waals surface area contributed by atoms with Crippen molar-refractivity contribution in [3.63, 3.8) is 0 Å². The SMILES string of the molecule is CC(=O)O[C@H]1CC[C@]2(C)C(=CC[C@H]3[C@H]4CC(=O)N(O)C(=O)[C@]4(C)CC[C@H]32)C1.